The molecule has 3 aliphatic carbocycles. The molecule has 0 spiro atoms. The van der Waals surface area contributed by atoms with Crippen LogP contribution in [0.1, 0.15) is 24.8 Å². The Morgan fingerprint density at radius 1 is 1.28 bits per heavy atom. The van der Waals surface area contributed by atoms with Gasteiger partial charge in [0.05, 0.1) is 6.10 Å². The highest BCUT2D eigenvalue weighted by Crippen LogP contribution is 2.70. The van der Waals surface area contributed by atoms with Crippen molar-refractivity contribution in [2.24, 2.45) is 29.6 Å². The summed E-state index contributed by atoms with van der Waals surface area (Å²) in [4.78, 5) is 4.17. The molecule has 0 amide bonds. The molecule has 1 N–H and O–H groups in total. The molecular formula is C15H18BrNO. The van der Waals surface area contributed by atoms with Gasteiger partial charge in [-0.15, -0.1) is 0 Å². The van der Waals surface area contributed by atoms with Crippen molar-refractivity contribution in [3.8, 4) is 0 Å². The van der Waals surface area contributed by atoms with E-state index in [9.17, 15) is 5.11 Å². The van der Waals surface area contributed by atoms with Crippen LogP contribution in [-0.2, 0) is 6.42 Å². The van der Waals surface area contributed by atoms with Gasteiger partial charge in [0, 0.05) is 23.3 Å². The maximum atomic E-state index is 10.5. The summed E-state index contributed by atoms with van der Waals surface area (Å²) in [7, 11) is 0. The molecule has 2 nitrogen and oxygen atoms in total. The number of aromatic nitrogens is 1. The van der Waals surface area contributed by atoms with Crippen molar-refractivity contribution in [3.63, 3.8) is 0 Å². The zero-order valence-corrected chi connectivity index (χ0v) is 11.9. The molecule has 0 aliphatic heterocycles. The van der Waals surface area contributed by atoms with E-state index in [1.165, 1.54) is 19.3 Å². The van der Waals surface area contributed by atoms with E-state index in [2.05, 4.69) is 27.0 Å². The average molecular weight is 308 g/mol. The van der Waals surface area contributed by atoms with Gasteiger partial charge in [-0.25, -0.2) is 0 Å². The van der Waals surface area contributed by atoms with Gasteiger partial charge in [0.2, 0.25) is 0 Å². The van der Waals surface area contributed by atoms with Crippen LogP contribution in [0.4, 0.5) is 0 Å². The fourth-order valence-electron chi connectivity index (χ4n) is 4.85. The number of nitrogens with zero attached hydrogens (tertiary/aromatic N) is 1. The first-order valence-electron chi connectivity index (χ1n) is 7.01. The van der Waals surface area contributed by atoms with Gasteiger partial charge in [-0.2, -0.15) is 0 Å². The van der Waals surface area contributed by atoms with E-state index in [1.54, 1.807) is 6.20 Å². The van der Waals surface area contributed by atoms with Crippen molar-refractivity contribution in [1.82, 2.24) is 4.98 Å². The fourth-order valence-corrected chi connectivity index (χ4v) is 5.26. The lowest BCUT2D eigenvalue weighted by Gasteiger charge is -2.15. The minimum atomic E-state index is -0.153. The molecule has 3 aliphatic rings. The highest BCUT2D eigenvalue weighted by atomic mass is 79.9. The highest BCUT2D eigenvalue weighted by Gasteiger charge is 2.66. The first-order chi connectivity index (χ1) is 8.74. The second kappa shape index (κ2) is 4.04. The van der Waals surface area contributed by atoms with Gasteiger partial charge in [-0.05, 0) is 76.4 Å². The molecule has 0 saturated heterocycles. The molecule has 3 saturated carbocycles. The first-order valence-corrected chi connectivity index (χ1v) is 7.81. The molecule has 4 rings (SSSR count). The number of halogens is 1. The van der Waals surface area contributed by atoms with Crippen molar-refractivity contribution in [1.29, 1.82) is 0 Å². The van der Waals surface area contributed by atoms with E-state index in [0.29, 0.717) is 5.92 Å². The van der Waals surface area contributed by atoms with Gasteiger partial charge in [-0.1, -0.05) is 0 Å². The Balaban J connectivity index is 1.45. The smallest absolute Gasteiger partial charge is 0.0614 e. The minimum Gasteiger partial charge on any atom is -0.392 e. The topological polar surface area (TPSA) is 33.1 Å². The normalized spacial score (nSPS) is 41.8. The summed E-state index contributed by atoms with van der Waals surface area (Å²) in [5.74, 6) is 4.20. The lowest BCUT2D eigenvalue weighted by Crippen LogP contribution is -2.18. The summed E-state index contributed by atoms with van der Waals surface area (Å²) >= 11 is 3.44. The molecule has 5 atom stereocenters. The van der Waals surface area contributed by atoms with Gasteiger partial charge in [0.1, 0.15) is 0 Å². The lowest BCUT2D eigenvalue weighted by molar-refractivity contribution is 0.128. The van der Waals surface area contributed by atoms with E-state index in [0.717, 1.165) is 40.1 Å². The van der Waals surface area contributed by atoms with Crippen molar-refractivity contribution in [3.05, 3.63) is 28.5 Å². The molecule has 5 unspecified atom stereocenters. The summed E-state index contributed by atoms with van der Waals surface area (Å²) in [6.07, 6.45) is 8.59. The van der Waals surface area contributed by atoms with Gasteiger partial charge in [-0.3, -0.25) is 4.98 Å². The van der Waals surface area contributed by atoms with Gasteiger partial charge in [0.15, 0.2) is 0 Å². The Kier molecular flexibility index (Phi) is 2.56. The number of aliphatic hydroxyl groups is 1. The zero-order chi connectivity index (χ0) is 12.3. The third-order valence-electron chi connectivity index (χ3n) is 5.45. The van der Waals surface area contributed by atoms with Crippen molar-refractivity contribution < 1.29 is 5.11 Å². The van der Waals surface area contributed by atoms with Crippen LogP contribution in [0.3, 0.4) is 0 Å². The van der Waals surface area contributed by atoms with Gasteiger partial charge in [0.25, 0.3) is 0 Å². The summed E-state index contributed by atoms with van der Waals surface area (Å²) in [6, 6.07) is 2.07. The molecule has 2 bridgehead atoms. The van der Waals surface area contributed by atoms with Crippen LogP contribution >= 0.6 is 15.9 Å². The van der Waals surface area contributed by atoms with Crippen LogP contribution in [0, 0.1) is 29.6 Å². The number of hydrogen-bond donors (Lipinski definition) is 1. The highest BCUT2D eigenvalue weighted by molar-refractivity contribution is 9.10. The summed E-state index contributed by atoms with van der Waals surface area (Å²) < 4.78 is 1.00. The van der Waals surface area contributed by atoms with Crippen LogP contribution in [0.2, 0.25) is 0 Å². The Morgan fingerprint density at radius 3 is 2.67 bits per heavy atom. The number of aliphatic hydroxyl groups excluding tert-OH is 1. The maximum absolute atomic E-state index is 10.5. The van der Waals surface area contributed by atoms with Crippen molar-refractivity contribution in [2.75, 3.05) is 0 Å². The van der Waals surface area contributed by atoms with Gasteiger partial charge < -0.3 is 5.11 Å². The minimum absolute atomic E-state index is 0.153. The molecule has 1 aromatic heterocycles. The quantitative estimate of drug-likeness (QED) is 0.931. The standard InChI is InChI=1S/C15H18BrNO/c16-11-3-8(6-17-7-11)4-12(18)15-13-9-1-2-10(5-9)14(13)15/h3,6-7,9-10,12-15,18H,1-2,4-5H2. The summed E-state index contributed by atoms with van der Waals surface area (Å²) in [6.45, 7) is 0. The molecule has 1 aromatic rings. The van der Waals surface area contributed by atoms with Crippen LogP contribution in [0.15, 0.2) is 22.9 Å². The van der Waals surface area contributed by atoms with Gasteiger partial charge >= 0.3 is 0 Å². The summed E-state index contributed by atoms with van der Waals surface area (Å²) in [5, 5.41) is 10.5. The Bertz CT molecular complexity index is 461. The second-order valence-corrected chi connectivity index (χ2v) is 7.26. The van der Waals surface area contributed by atoms with E-state index < -0.39 is 0 Å². The predicted octanol–water partition coefficient (Wildman–Crippen LogP) is 3.04. The SMILES string of the molecule is OC(Cc1cncc(Br)c1)C1C2C3CCC(C3)C12. The van der Waals surface area contributed by atoms with E-state index in [4.69, 9.17) is 0 Å². The van der Waals surface area contributed by atoms with E-state index in [1.807, 2.05) is 6.20 Å². The molecule has 1 heterocycles. The molecule has 96 valence electrons. The predicted molar refractivity (Wildman–Crippen MR) is 72.9 cm³/mol. The second-order valence-electron chi connectivity index (χ2n) is 6.35. The molecule has 3 fully saturated rings. The van der Waals surface area contributed by atoms with Crippen LogP contribution in [-0.4, -0.2) is 16.2 Å². The molecular weight excluding hydrogens is 290 g/mol. The van der Waals surface area contributed by atoms with Crippen LogP contribution in [0.25, 0.3) is 0 Å². The maximum Gasteiger partial charge on any atom is 0.0614 e. The van der Waals surface area contributed by atoms with Crippen molar-refractivity contribution >= 4 is 15.9 Å². The number of rotatable bonds is 3. The number of fused-ring (bicyclic) bond motifs is 5. The van der Waals surface area contributed by atoms with E-state index >= 15 is 0 Å². The Hall–Kier alpha value is -0.410. The third kappa shape index (κ3) is 1.67. The molecule has 3 heteroatoms. The van der Waals surface area contributed by atoms with Crippen LogP contribution in [0.5, 0.6) is 0 Å². The third-order valence-corrected chi connectivity index (χ3v) is 5.88. The monoisotopic (exact) mass is 307 g/mol. The lowest BCUT2D eigenvalue weighted by atomic mass is 9.96. The largest absolute Gasteiger partial charge is 0.392 e. The summed E-state index contributed by atoms with van der Waals surface area (Å²) in [5.41, 5.74) is 1.15. The zero-order valence-electron chi connectivity index (χ0n) is 10.3. The average Bonchev–Trinajstić information content (AvgIpc) is 2.79. The van der Waals surface area contributed by atoms with Crippen LogP contribution < -0.4 is 0 Å². The fraction of sp³-hybridized carbons (Fsp3) is 0.667. The Morgan fingerprint density at radius 2 is 2.00 bits per heavy atom. The van der Waals surface area contributed by atoms with Crippen molar-refractivity contribution in [2.45, 2.75) is 31.8 Å². The Labute approximate surface area is 116 Å². The number of pyridine rings is 1. The molecule has 0 aromatic carbocycles. The van der Waals surface area contributed by atoms with E-state index in [-0.39, 0.29) is 6.10 Å². The molecule has 18 heavy (non-hydrogen) atoms. The first kappa shape index (κ1) is 11.4. The number of hydrogen-bond acceptors (Lipinski definition) is 2. The molecule has 0 radical (unpaired) electrons.